The third-order valence-electron chi connectivity index (χ3n) is 3.54. The van der Waals surface area contributed by atoms with Gasteiger partial charge in [-0.3, -0.25) is 9.69 Å². The molecule has 2 heterocycles. The molecule has 2 aliphatic rings. The molecule has 2 unspecified atom stereocenters. The lowest BCUT2D eigenvalue weighted by atomic mass is 9.89. The summed E-state index contributed by atoms with van der Waals surface area (Å²) < 4.78 is 5.92. The van der Waals surface area contributed by atoms with E-state index in [1.165, 1.54) is 5.75 Å². The van der Waals surface area contributed by atoms with Crippen molar-refractivity contribution in [3.05, 3.63) is 0 Å². The van der Waals surface area contributed by atoms with Crippen molar-refractivity contribution < 1.29 is 14.6 Å². The Balaban J connectivity index is 1.93. The van der Waals surface area contributed by atoms with Crippen LogP contribution in [0.3, 0.4) is 0 Å². The number of hydrogen-bond donors (Lipinski definition) is 1. The highest BCUT2D eigenvalue weighted by atomic mass is 32.2. The lowest BCUT2D eigenvalue weighted by Gasteiger charge is -2.41. The number of hydrogen-bond acceptors (Lipinski definition) is 4. The van der Waals surface area contributed by atoms with Crippen molar-refractivity contribution in [3.8, 4) is 0 Å². The summed E-state index contributed by atoms with van der Waals surface area (Å²) in [5, 5.41) is 8.79. The first-order valence-electron chi connectivity index (χ1n) is 5.75. The van der Waals surface area contributed by atoms with E-state index in [-0.39, 0.29) is 12.1 Å². The molecular weight excluding hydrogens is 226 g/mol. The van der Waals surface area contributed by atoms with Gasteiger partial charge in [0.25, 0.3) is 0 Å². The second kappa shape index (κ2) is 4.94. The summed E-state index contributed by atoms with van der Waals surface area (Å²) in [4.78, 5) is 12.6. The smallest absolute Gasteiger partial charge is 0.317 e. The van der Waals surface area contributed by atoms with Crippen molar-refractivity contribution in [3.63, 3.8) is 0 Å². The Morgan fingerprint density at radius 3 is 3.12 bits per heavy atom. The van der Waals surface area contributed by atoms with Crippen molar-refractivity contribution in [2.45, 2.75) is 30.9 Å². The molecule has 0 aromatic carbocycles. The molecule has 92 valence electrons. The van der Waals surface area contributed by atoms with Crippen LogP contribution >= 0.6 is 11.8 Å². The Morgan fingerprint density at radius 1 is 1.69 bits per heavy atom. The van der Waals surface area contributed by atoms with Gasteiger partial charge in [0.15, 0.2) is 0 Å². The van der Waals surface area contributed by atoms with Crippen molar-refractivity contribution in [2.75, 3.05) is 31.7 Å². The molecule has 0 aromatic heterocycles. The average molecular weight is 245 g/mol. The van der Waals surface area contributed by atoms with E-state index in [1.54, 1.807) is 0 Å². The molecule has 0 radical (unpaired) electrons. The highest BCUT2D eigenvalue weighted by molar-refractivity contribution is 7.99. The van der Waals surface area contributed by atoms with Gasteiger partial charge in [-0.2, -0.15) is 11.8 Å². The van der Waals surface area contributed by atoms with Crippen LogP contribution < -0.4 is 0 Å². The zero-order valence-electron chi connectivity index (χ0n) is 9.65. The zero-order chi connectivity index (χ0) is 11.6. The fourth-order valence-corrected chi connectivity index (χ4v) is 3.96. The Kier molecular flexibility index (Phi) is 3.77. The maximum absolute atomic E-state index is 10.7. The third kappa shape index (κ3) is 2.70. The Bertz CT molecular complexity index is 266. The van der Waals surface area contributed by atoms with E-state index in [4.69, 9.17) is 9.84 Å². The Labute approximate surface area is 100 Å². The monoisotopic (exact) mass is 245 g/mol. The fraction of sp³-hybridized carbons (Fsp3) is 0.909. The molecule has 5 heteroatoms. The van der Waals surface area contributed by atoms with Crippen LogP contribution in [0.1, 0.15) is 19.3 Å². The molecular formula is C11H19NO3S. The molecule has 4 nitrogen and oxygen atoms in total. The van der Waals surface area contributed by atoms with Crippen molar-refractivity contribution >= 4 is 17.7 Å². The van der Waals surface area contributed by atoms with Crippen LogP contribution in [0.5, 0.6) is 0 Å². The number of rotatable bonds is 3. The number of thioether (sulfide) groups is 1. The standard InChI is InChI=1S/C11H19NO3S/c1-12(7-10(13)14)9-2-4-15-11(6-9)3-5-16-8-11/h9H,2-8H2,1H3,(H,13,14). The van der Waals surface area contributed by atoms with E-state index in [1.807, 2.05) is 23.7 Å². The SMILES string of the molecule is CN(CC(=O)O)C1CCOC2(CCSC2)C1. The van der Waals surface area contributed by atoms with Gasteiger partial charge in [-0.05, 0) is 32.1 Å². The average Bonchev–Trinajstić information content (AvgIpc) is 2.65. The predicted molar refractivity (Wildman–Crippen MR) is 63.9 cm³/mol. The van der Waals surface area contributed by atoms with Crippen LogP contribution in [0.25, 0.3) is 0 Å². The van der Waals surface area contributed by atoms with Crippen LogP contribution in [0.4, 0.5) is 0 Å². The van der Waals surface area contributed by atoms with Crippen molar-refractivity contribution in [1.82, 2.24) is 4.90 Å². The van der Waals surface area contributed by atoms with Crippen LogP contribution in [-0.4, -0.2) is 59.3 Å². The van der Waals surface area contributed by atoms with E-state index in [2.05, 4.69) is 0 Å². The number of carbonyl (C=O) groups is 1. The molecule has 0 amide bonds. The molecule has 2 fully saturated rings. The molecule has 0 aromatic rings. The quantitative estimate of drug-likeness (QED) is 0.805. The first kappa shape index (κ1) is 12.2. The van der Waals surface area contributed by atoms with Gasteiger partial charge >= 0.3 is 5.97 Å². The second-order valence-corrected chi connectivity index (χ2v) is 5.89. The van der Waals surface area contributed by atoms with Crippen LogP contribution in [-0.2, 0) is 9.53 Å². The third-order valence-corrected chi connectivity index (χ3v) is 4.77. The molecule has 2 aliphatic heterocycles. The van der Waals surface area contributed by atoms with Gasteiger partial charge in [0, 0.05) is 18.4 Å². The van der Waals surface area contributed by atoms with E-state index in [9.17, 15) is 4.79 Å². The first-order chi connectivity index (χ1) is 7.61. The van der Waals surface area contributed by atoms with Gasteiger partial charge in [0.2, 0.25) is 0 Å². The summed E-state index contributed by atoms with van der Waals surface area (Å²) in [7, 11) is 1.90. The van der Waals surface area contributed by atoms with Gasteiger partial charge in [-0.25, -0.2) is 0 Å². The van der Waals surface area contributed by atoms with Gasteiger partial charge in [0.05, 0.1) is 12.1 Å². The van der Waals surface area contributed by atoms with Crippen LogP contribution in [0.2, 0.25) is 0 Å². The Morgan fingerprint density at radius 2 is 2.50 bits per heavy atom. The lowest BCUT2D eigenvalue weighted by molar-refractivity contribution is -0.140. The van der Waals surface area contributed by atoms with E-state index in [0.717, 1.165) is 31.6 Å². The van der Waals surface area contributed by atoms with E-state index < -0.39 is 5.97 Å². The van der Waals surface area contributed by atoms with Crippen LogP contribution in [0, 0.1) is 0 Å². The van der Waals surface area contributed by atoms with Gasteiger partial charge in [-0.1, -0.05) is 0 Å². The number of ether oxygens (including phenoxy) is 1. The normalized spacial score (nSPS) is 34.8. The summed E-state index contributed by atoms with van der Waals surface area (Å²) in [6.45, 7) is 0.906. The summed E-state index contributed by atoms with van der Waals surface area (Å²) in [5.74, 6) is 1.50. The van der Waals surface area contributed by atoms with E-state index in [0.29, 0.717) is 6.04 Å². The molecule has 1 spiro atoms. The molecule has 2 saturated heterocycles. The molecule has 16 heavy (non-hydrogen) atoms. The second-order valence-electron chi connectivity index (χ2n) is 4.79. The lowest BCUT2D eigenvalue weighted by Crippen LogP contribution is -2.48. The minimum Gasteiger partial charge on any atom is -0.480 e. The molecule has 0 saturated carbocycles. The molecule has 2 rings (SSSR count). The molecule has 2 atom stereocenters. The van der Waals surface area contributed by atoms with Crippen LogP contribution in [0.15, 0.2) is 0 Å². The van der Waals surface area contributed by atoms with Gasteiger partial charge in [0.1, 0.15) is 0 Å². The summed E-state index contributed by atoms with van der Waals surface area (Å²) in [5.41, 5.74) is 0.0420. The summed E-state index contributed by atoms with van der Waals surface area (Å²) >= 11 is 1.95. The zero-order valence-corrected chi connectivity index (χ0v) is 10.5. The number of nitrogens with zero attached hydrogens (tertiary/aromatic N) is 1. The van der Waals surface area contributed by atoms with Crippen molar-refractivity contribution in [2.24, 2.45) is 0 Å². The number of likely N-dealkylation sites (N-methyl/N-ethyl adjacent to an activating group) is 1. The molecule has 0 bridgehead atoms. The molecule has 1 N–H and O–H groups in total. The summed E-state index contributed by atoms with van der Waals surface area (Å²) in [6.07, 6.45) is 3.06. The minimum atomic E-state index is -0.746. The minimum absolute atomic E-state index is 0.0420. The predicted octanol–water partition coefficient (Wildman–Crippen LogP) is 1.06. The topological polar surface area (TPSA) is 49.8 Å². The number of aliphatic carboxylic acids is 1. The highest BCUT2D eigenvalue weighted by Gasteiger charge is 2.41. The first-order valence-corrected chi connectivity index (χ1v) is 6.90. The number of carboxylic acid groups (broad SMARTS) is 1. The molecule has 0 aliphatic carbocycles. The van der Waals surface area contributed by atoms with Gasteiger partial charge in [-0.15, -0.1) is 0 Å². The largest absolute Gasteiger partial charge is 0.480 e. The van der Waals surface area contributed by atoms with Gasteiger partial charge < -0.3 is 9.84 Å². The van der Waals surface area contributed by atoms with Crippen molar-refractivity contribution in [1.29, 1.82) is 0 Å². The summed E-state index contributed by atoms with van der Waals surface area (Å²) in [6, 6.07) is 0.364. The van der Waals surface area contributed by atoms with E-state index >= 15 is 0 Å². The maximum Gasteiger partial charge on any atom is 0.317 e. The maximum atomic E-state index is 10.7. The number of carboxylic acids is 1. The highest BCUT2D eigenvalue weighted by Crippen LogP contribution is 2.39. The fourth-order valence-electron chi connectivity index (χ4n) is 2.58. The Hall–Kier alpha value is -0.260.